The van der Waals surface area contributed by atoms with Gasteiger partial charge in [-0.1, -0.05) is 6.92 Å². The van der Waals surface area contributed by atoms with Crippen LogP contribution in [0.5, 0.6) is 0 Å². The van der Waals surface area contributed by atoms with Gasteiger partial charge in [0.2, 0.25) is 0 Å². The summed E-state index contributed by atoms with van der Waals surface area (Å²) in [5, 5.41) is 1.37. The maximum atomic E-state index is 3.59. The monoisotopic (exact) mass is 286 g/mol. The van der Waals surface area contributed by atoms with Crippen molar-refractivity contribution in [3.8, 4) is 0 Å². The summed E-state index contributed by atoms with van der Waals surface area (Å²) in [6.45, 7) is 2.20. The van der Waals surface area contributed by atoms with Crippen molar-refractivity contribution in [3.63, 3.8) is 0 Å². The Morgan fingerprint density at radius 1 is 1.36 bits per heavy atom. The van der Waals surface area contributed by atoms with Gasteiger partial charge in [-0.25, -0.2) is 0 Å². The van der Waals surface area contributed by atoms with Crippen molar-refractivity contribution in [1.82, 2.24) is 0 Å². The number of aryl methyl sites for hydroxylation is 1. The highest BCUT2D eigenvalue weighted by Crippen LogP contribution is 2.34. The van der Waals surface area contributed by atoms with Crippen LogP contribution in [0.15, 0.2) is 27.6 Å². The average Bonchev–Trinajstić information content (AvgIpc) is 2.58. The third-order valence-corrected chi connectivity index (χ3v) is 5.13. The van der Waals surface area contributed by atoms with E-state index in [1.807, 2.05) is 11.3 Å². The molecular weight excluding hydrogens is 276 g/mol. The lowest BCUT2D eigenvalue weighted by Crippen LogP contribution is -1.72. The molecule has 2 rings (SSSR count). The minimum atomic E-state index is 1.13. The van der Waals surface area contributed by atoms with Crippen LogP contribution in [0.25, 0.3) is 10.1 Å². The highest BCUT2D eigenvalue weighted by Gasteiger charge is 2.05. The molecule has 0 fully saturated rings. The molecule has 0 aliphatic carbocycles. The molecule has 0 saturated carbocycles. The summed E-state index contributed by atoms with van der Waals surface area (Å²) >= 11 is 7.27. The molecular formula is C11H11BrS2. The van der Waals surface area contributed by atoms with E-state index in [0.29, 0.717) is 0 Å². The van der Waals surface area contributed by atoms with Crippen LogP contribution in [0.3, 0.4) is 0 Å². The SMILES string of the molecule is CCc1cc2cc(SC)c(Br)cc2s1. The van der Waals surface area contributed by atoms with Crippen molar-refractivity contribution in [1.29, 1.82) is 0 Å². The van der Waals surface area contributed by atoms with E-state index in [2.05, 4.69) is 47.3 Å². The third-order valence-electron chi connectivity index (χ3n) is 2.19. The summed E-state index contributed by atoms with van der Waals surface area (Å²) < 4.78 is 2.59. The lowest BCUT2D eigenvalue weighted by molar-refractivity contribution is 1.19. The first-order valence-electron chi connectivity index (χ1n) is 4.50. The molecule has 1 aromatic heterocycles. The number of thiophene rings is 1. The van der Waals surface area contributed by atoms with Gasteiger partial charge in [0.25, 0.3) is 0 Å². The zero-order valence-corrected chi connectivity index (χ0v) is 11.4. The number of hydrogen-bond donors (Lipinski definition) is 0. The largest absolute Gasteiger partial charge is 0.140 e. The number of rotatable bonds is 2. The zero-order chi connectivity index (χ0) is 10.1. The molecule has 0 nitrogen and oxygen atoms in total. The molecule has 0 spiro atoms. The third kappa shape index (κ3) is 1.86. The summed E-state index contributed by atoms with van der Waals surface area (Å²) in [6.07, 6.45) is 3.24. The Balaban J connectivity index is 2.64. The number of halogens is 1. The van der Waals surface area contributed by atoms with Crippen molar-refractivity contribution in [2.24, 2.45) is 0 Å². The van der Waals surface area contributed by atoms with Crippen LogP contribution in [0, 0.1) is 0 Å². The second kappa shape index (κ2) is 4.25. The molecule has 0 atom stereocenters. The zero-order valence-electron chi connectivity index (χ0n) is 8.13. The summed E-state index contributed by atoms with van der Waals surface area (Å²) in [5.74, 6) is 0. The summed E-state index contributed by atoms with van der Waals surface area (Å²) in [7, 11) is 0. The van der Waals surface area contributed by atoms with Gasteiger partial charge in [-0.2, -0.15) is 0 Å². The van der Waals surface area contributed by atoms with Crippen LogP contribution in [0.2, 0.25) is 0 Å². The van der Waals surface area contributed by atoms with Crippen LogP contribution < -0.4 is 0 Å². The van der Waals surface area contributed by atoms with Crippen molar-refractivity contribution < 1.29 is 0 Å². The molecule has 74 valence electrons. The Hall–Kier alpha value is 0.01000. The van der Waals surface area contributed by atoms with E-state index >= 15 is 0 Å². The molecule has 0 radical (unpaired) electrons. The number of benzene rings is 1. The van der Waals surface area contributed by atoms with Crippen LogP contribution in [-0.4, -0.2) is 6.26 Å². The predicted molar refractivity (Wildman–Crippen MR) is 70.7 cm³/mol. The molecule has 3 heteroatoms. The summed E-state index contributed by atoms with van der Waals surface area (Å²) in [4.78, 5) is 2.78. The van der Waals surface area contributed by atoms with Crippen molar-refractivity contribution in [2.45, 2.75) is 18.2 Å². The Bertz CT molecular complexity index is 460. The van der Waals surface area contributed by atoms with Gasteiger partial charge in [0.05, 0.1) is 0 Å². The van der Waals surface area contributed by atoms with Gasteiger partial charge in [-0.15, -0.1) is 23.1 Å². The predicted octanol–water partition coefficient (Wildman–Crippen LogP) is 4.95. The van der Waals surface area contributed by atoms with Gasteiger partial charge in [0, 0.05) is 18.9 Å². The van der Waals surface area contributed by atoms with Crippen molar-refractivity contribution in [3.05, 3.63) is 27.5 Å². The molecule has 2 aromatic rings. The molecule has 0 aliphatic rings. The van der Waals surface area contributed by atoms with Gasteiger partial charge in [0.15, 0.2) is 0 Å². The lowest BCUT2D eigenvalue weighted by Gasteiger charge is -1.99. The summed E-state index contributed by atoms with van der Waals surface area (Å²) in [5.41, 5.74) is 0. The number of fused-ring (bicyclic) bond motifs is 1. The van der Waals surface area contributed by atoms with E-state index in [0.717, 1.165) is 6.42 Å². The standard InChI is InChI=1S/C11H11BrS2/c1-3-8-4-7-5-11(13-2)9(12)6-10(7)14-8/h4-6H,3H2,1-2H3. The van der Waals surface area contributed by atoms with Crippen molar-refractivity contribution in [2.75, 3.05) is 6.26 Å². The highest BCUT2D eigenvalue weighted by atomic mass is 79.9. The van der Waals surface area contributed by atoms with Gasteiger partial charge in [0.1, 0.15) is 0 Å². The smallest absolute Gasteiger partial charge is 0.0357 e. The molecule has 0 aliphatic heterocycles. The fourth-order valence-corrected chi connectivity index (χ4v) is 3.93. The second-order valence-electron chi connectivity index (χ2n) is 3.09. The van der Waals surface area contributed by atoms with E-state index in [-0.39, 0.29) is 0 Å². The van der Waals surface area contributed by atoms with Crippen LogP contribution in [-0.2, 0) is 6.42 Å². The first-order chi connectivity index (χ1) is 6.74. The fraction of sp³-hybridized carbons (Fsp3) is 0.273. The van der Waals surface area contributed by atoms with Crippen molar-refractivity contribution >= 4 is 49.1 Å². The van der Waals surface area contributed by atoms with Gasteiger partial charge < -0.3 is 0 Å². The fourth-order valence-electron chi connectivity index (χ4n) is 1.43. The van der Waals surface area contributed by atoms with Gasteiger partial charge >= 0.3 is 0 Å². The second-order valence-corrected chi connectivity index (χ2v) is 5.96. The minimum absolute atomic E-state index is 1.13. The molecule has 0 bridgehead atoms. The van der Waals surface area contributed by atoms with Crippen LogP contribution in [0.1, 0.15) is 11.8 Å². The molecule has 0 unspecified atom stereocenters. The van der Waals surface area contributed by atoms with E-state index < -0.39 is 0 Å². The van der Waals surface area contributed by atoms with Crippen LogP contribution >= 0.6 is 39.0 Å². The minimum Gasteiger partial charge on any atom is -0.140 e. The van der Waals surface area contributed by atoms with Crippen LogP contribution in [0.4, 0.5) is 0 Å². The summed E-state index contributed by atoms with van der Waals surface area (Å²) in [6, 6.07) is 6.79. The Morgan fingerprint density at radius 2 is 2.14 bits per heavy atom. The topological polar surface area (TPSA) is 0 Å². The quantitative estimate of drug-likeness (QED) is 0.704. The molecule has 0 amide bonds. The molecule has 1 aromatic carbocycles. The van der Waals surface area contributed by atoms with E-state index in [1.165, 1.54) is 24.3 Å². The normalized spacial score (nSPS) is 11.1. The Kier molecular flexibility index (Phi) is 3.20. The van der Waals surface area contributed by atoms with Gasteiger partial charge in [-0.05, 0) is 52.2 Å². The molecule has 0 saturated heterocycles. The van der Waals surface area contributed by atoms with E-state index in [1.54, 1.807) is 11.8 Å². The van der Waals surface area contributed by atoms with E-state index in [4.69, 9.17) is 0 Å². The average molecular weight is 287 g/mol. The maximum Gasteiger partial charge on any atom is 0.0357 e. The number of hydrogen-bond acceptors (Lipinski definition) is 2. The first-order valence-corrected chi connectivity index (χ1v) is 7.34. The molecule has 14 heavy (non-hydrogen) atoms. The van der Waals surface area contributed by atoms with E-state index in [9.17, 15) is 0 Å². The Morgan fingerprint density at radius 3 is 2.79 bits per heavy atom. The Labute approximate surface area is 101 Å². The highest BCUT2D eigenvalue weighted by molar-refractivity contribution is 9.10. The number of thioether (sulfide) groups is 1. The first kappa shape index (κ1) is 10.5. The lowest BCUT2D eigenvalue weighted by atomic mass is 10.2. The molecule has 0 N–H and O–H groups in total. The molecule has 1 heterocycles. The van der Waals surface area contributed by atoms with Gasteiger partial charge in [-0.3, -0.25) is 0 Å². The maximum absolute atomic E-state index is 3.59.